The monoisotopic (exact) mass is 479 g/mol. The minimum atomic E-state index is -4.11. The minimum absolute atomic E-state index is 0.0670. The van der Waals surface area contributed by atoms with Crippen LogP contribution in [-0.4, -0.2) is 28.8 Å². The van der Waals surface area contributed by atoms with Crippen LogP contribution in [0.15, 0.2) is 72.7 Å². The molecule has 1 unspecified atom stereocenters. The molecule has 0 aliphatic rings. The summed E-state index contributed by atoms with van der Waals surface area (Å²) in [6, 6.07) is 14.1. The summed E-state index contributed by atoms with van der Waals surface area (Å²) in [5.41, 5.74) is 0.954. The van der Waals surface area contributed by atoms with E-state index >= 15 is 0 Å². The highest BCUT2D eigenvalue weighted by molar-refractivity contribution is 8.07. The molecule has 0 saturated carbocycles. The van der Waals surface area contributed by atoms with E-state index in [1.807, 2.05) is 38.1 Å². The molecule has 164 valence electrons. The highest BCUT2D eigenvalue weighted by atomic mass is 32.3. The number of benzene rings is 2. The first-order valence-corrected chi connectivity index (χ1v) is 19.9. The van der Waals surface area contributed by atoms with Crippen LogP contribution in [0.25, 0.3) is 0 Å². The highest BCUT2D eigenvalue weighted by Gasteiger charge is 2.35. The fourth-order valence-corrected chi connectivity index (χ4v) is 14.8. The van der Waals surface area contributed by atoms with E-state index < -0.39 is 35.9 Å². The number of hydrogen-bond donors (Lipinski definition) is 0. The van der Waals surface area contributed by atoms with E-state index in [0.29, 0.717) is 9.42 Å². The first-order chi connectivity index (χ1) is 13.6. The van der Waals surface area contributed by atoms with Crippen LogP contribution in [0.3, 0.4) is 0 Å². The molecule has 0 saturated heterocycles. The molecular weight excluding hydrogens is 447 g/mol. The Kier molecular flexibility index (Phi) is 7.08. The predicted octanol–water partition coefficient (Wildman–Crippen LogP) is 5.54. The number of nitrogens with zero attached hydrogens (tertiary/aromatic N) is 1. The Labute approximate surface area is 184 Å². The van der Waals surface area contributed by atoms with Crippen LogP contribution in [0.4, 0.5) is 0 Å². The van der Waals surface area contributed by atoms with Crippen molar-refractivity contribution in [3.05, 3.63) is 64.7 Å². The summed E-state index contributed by atoms with van der Waals surface area (Å²) in [5.74, 6) is 0. The van der Waals surface area contributed by atoms with Crippen LogP contribution in [0.1, 0.15) is 12.5 Å². The number of aryl methyl sites for hydroxylation is 1. The van der Waals surface area contributed by atoms with Crippen molar-refractivity contribution in [3.63, 3.8) is 0 Å². The fourth-order valence-electron chi connectivity index (χ4n) is 3.43. The van der Waals surface area contributed by atoms with Gasteiger partial charge in [0.05, 0.1) is 25.9 Å². The largest absolute Gasteiger partial charge is 0.290 e. The molecule has 2 aromatic carbocycles. The van der Waals surface area contributed by atoms with Gasteiger partial charge in [-0.3, -0.25) is 0 Å². The van der Waals surface area contributed by atoms with Crippen LogP contribution in [0.2, 0.25) is 39.3 Å². The van der Waals surface area contributed by atoms with Gasteiger partial charge in [0.25, 0.3) is 10.0 Å². The Hall–Kier alpha value is -1.49. The van der Waals surface area contributed by atoms with Gasteiger partial charge in [-0.1, -0.05) is 85.0 Å². The van der Waals surface area contributed by atoms with E-state index in [1.165, 1.54) is 12.1 Å². The molecule has 0 heterocycles. The first kappa shape index (κ1) is 24.8. The zero-order valence-electron chi connectivity index (χ0n) is 19.2. The normalized spacial score (nSPS) is 15.5. The SMILES string of the molecule is C/C=C(\[Si](C)(C)C)S(=O)(=NS(=O)(=O)c1ccc(C)cc1)c1ccccc1[Si](C)(C)C. The van der Waals surface area contributed by atoms with Gasteiger partial charge in [-0.25, -0.2) is 4.21 Å². The third-order valence-corrected chi connectivity index (χ3v) is 15.8. The smallest absolute Gasteiger partial charge is 0.239 e. The molecule has 0 aliphatic heterocycles. The fraction of sp³-hybridized carbons (Fsp3) is 0.364. The molecule has 8 heteroatoms. The Morgan fingerprint density at radius 3 is 1.87 bits per heavy atom. The van der Waals surface area contributed by atoms with Crippen molar-refractivity contribution in [2.45, 2.75) is 62.9 Å². The Morgan fingerprint density at radius 2 is 1.40 bits per heavy atom. The van der Waals surface area contributed by atoms with Gasteiger partial charge < -0.3 is 0 Å². The second-order valence-electron chi connectivity index (χ2n) is 9.54. The lowest BCUT2D eigenvalue weighted by atomic mass is 10.2. The molecule has 0 bridgehead atoms. The van der Waals surface area contributed by atoms with Gasteiger partial charge in [0, 0.05) is 4.53 Å². The van der Waals surface area contributed by atoms with Crippen molar-refractivity contribution in [1.29, 1.82) is 0 Å². The maximum absolute atomic E-state index is 14.7. The third kappa shape index (κ3) is 5.22. The Morgan fingerprint density at radius 1 is 0.867 bits per heavy atom. The van der Waals surface area contributed by atoms with Gasteiger partial charge >= 0.3 is 0 Å². The summed E-state index contributed by atoms with van der Waals surface area (Å²) in [5, 5.41) is 0.982. The van der Waals surface area contributed by atoms with Crippen LogP contribution in [0.5, 0.6) is 0 Å². The van der Waals surface area contributed by atoms with E-state index in [4.69, 9.17) is 0 Å². The molecular formula is C22H33NO3S2Si2. The van der Waals surface area contributed by atoms with Crippen molar-refractivity contribution >= 4 is 41.1 Å². The summed E-state index contributed by atoms with van der Waals surface area (Å²) >= 11 is 0. The number of allylic oxidation sites excluding steroid dienone is 1. The van der Waals surface area contributed by atoms with E-state index in [9.17, 15) is 12.6 Å². The highest BCUT2D eigenvalue weighted by Crippen LogP contribution is 2.32. The third-order valence-electron chi connectivity index (χ3n) is 4.81. The second kappa shape index (κ2) is 8.57. The van der Waals surface area contributed by atoms with Crippen molar-refractivity contribution in [2.24, 2.45) is 3.77 Å². The number of sulfonamides is 1. The summed E-state index contributed by atoms with van der Waals surface area (Å²) in [7, 11) is -11.5. The van der Waals surface area contributed by atoms with Crippen molar-refractivity contribution in [3.8, 4) is 0 Å². The molecule has 4 nitrogen and oxygen atoms in total. The molecule has 2 rings (SSSR count). The van der Waals surface area contributed by atoms with Crippen molar-refractivity contribution in [1.82, 2.24) is 0 Å². The van der Waals surface area contributed by atoms with E-state index in [1.54, 1.807) is 18.2 Å². The van der Waals surface area contributed by atoms with E-state index in [0.717, 1.165) is 10.8 Å². The molecule has 2 aromatic rings. The van der Waals surface area contributed by atoms with Gasteiger partial charge in [-0.15, -0.1) is 0 Å². The molecule has 0 fully saturated rings. The second-order valence-corrected chi connectivity index (χ2v) is 23.9. The van der Waals surface area contributed by atoms with Crippen LogP contribution >= 0.6 is 0 Å². The lowest BCUT2D eigenvalue weighted by molar-refractivity contribution is 0.598. The zero-order valence-corrected chi connectivity index (χ0v) is 22.8. The predicted molar refractivity (Wildman–Crippen MR) is 134 cm³/mol. The molecule has 0 aliphatic carbocycles. The standard InChI is InChI=1S/C22H33NO3S2Si2/c1-9-22(30(6,7)8)27(24,20-12-10-11-13-21(20)29(3,4)5)23-28(25,26)19-16-14-18(2)15-17-19/h9-17H,1-8H3/b22-9-. The summed E-state index contributed by atoms with van der Waals surface area (Å²) in [6.07, 6.45) is 1.82. The number of hydrogen-bond acceptors (Lipinski definition) is 3. The Balaban J connectivity index is 3.00. The van der Waals surface area contributed by atoms with Gasteiger partial charge in [-0.2, -0.15) is 8.42 Å². The van der Waals surface area contributed by atoms with Gasteiger partial charge in [-0.05, 0) is 37.2 Å². The summed E-state index contributed by atoms with van der Waals surface area (Å²) in [4.78, 5) is 0.618. The van der Waals surface area contributed by atoms with Gasteiger partial charge in [0.15, 0.2) is 0 Å². The summed E-state index contributed by atoms with van der Waals surface area (Å²) < 4.78 is 46.2. The van der Waals surface area contributed by atoms with Crippen LogP contribution in [-0.2, 0) is 19.8 Å². The number of rotatable bonds is 6. The maximum Gasteiger partial charge on any atom is 0.290 e. The van der Waals surface area contributed by atoms with Gasteiger partial charge in [0.2, 0.25) is 0 Å². The average Bonchev–Trinajstić information content (AvgIpc) is 2.60. The minimum Gasteiger partial charge on any atom is -0.239 e. The Bertz CT molecular complexity index is 1180. The molecule has 1 atom stereocenters. The van der Waals surface area contributed by atoms with E-state index in [-0.39, 0.29) is 4.90 Å². The maximum atomic E-state index is 14.7. The quantitative estimate of drug-likeness (QED) is 0.511. The molecule has 30 heavy (non-hydrogen) atoms. The lowest BCUT2D eigenvalue weighted by Gasteiger charge is -2.28. The van der Waals surface area contributed by atoms with E-state index in [2.05, 4.69) is 43.1 Å². The van der Waals surface area contributed by atoms with Crippen LogP contribution < -0.4 is 5.19 Å². The van der Waals surface area contributed by atoms with Crippen LogP contribution in [0, 0.1) is 6.92 Å². The molecule has 0 amide bonds. The summed E-state index contributed by atoms with van der Waals surface area (Å²) in [6.45, 7) is 16.5. The molecule has 0 N–H and O–H groups in total. The van der Waals surface area contributed by atoms with Crippen molar-refractivity contribution in [2.75, 3.05) is 0 Å². The first-order valence-electron chi connectivity index (χ1n) is 9.99. The van der Waals surface area contributed by atoms with Gasteiger partial charge in [0.1, 0.15) is 9.73 Å². The van der Waals surface area contributed by atoms with Crippen molar-refractivity contribution < 1.29 is 12.6 Å². The molecule has 0 radical (unpaired) electrons. The average molecular weight is 480 g/mol. The zero-order chi connectivity index (χ0) is 23.0. The molecule has 0 spiro atoms. The molecule has 0 aromatic heterocycles. The lowest BCUT2D eigenvalue weighted by Crippen LogP contribution is -2.42. The topological polar surface area (TPSA) is 63.6 Å².